The van der Waals surface area contributed by atoms with Gasteiger partial charge in [0.1, 0.15) is 6.04 Å². The number of hydrogen-bond acceptors (Lipinski definition) is 2. The lowest BCUT2D eigenvalue weighted by Crippen LogP contribution is -2.52. The van der Waals surface area contributed by atoms with Crippen molar-refractivity contribution in [2.45, 2.75) is 18.9 Å². The molecule has 3 N–H and O–H groups in total. The Labute approximate surface area is 87.6 Å². The first-order valence-electron chi connectivity index (χ1n) is 4.62. The van der Waals surface area contributed by atoms with E-state index in [-0.39, 0.29) is 11.9 Å². The summed E-state index contributed by atoms with van der Waals surface area (Å²) < 4.78 is 0. The Balaban J connectivity index is 2.27. The van der Waals surface area contributed by atoms with Crippen molar-refractivity contribution < 1.29 is 9.59 Å². The highest BCUT2D eigenvalue weighted by atomic mass is 35.5. The van der Waals surface area contributed by atoms with Gasteiger partial charge >= 0.3 is 6.03 Å². The second-order valence-electron chi connectivity index (χ2n) is 3.08. The number of urea groups is 1. The molecule has 1 atom stereocenters. The average molecular weight is 220 g/mol. The maximum absolute atomic E-state index is 11.2. The Morgan fingerprint density at radius 2 is 2.43 bits per heavy atom. The minimum Gasteiger partial charge on any atom is -0.354 e. The normalized spacial score (nSPS) is 21.2. The van der Waals surface area contributed by atoms with Gasteiger partial charge in [-0.3, -0.25) is 4.79 Å². The fourth-order valence-electron chi connectivity index (χ4n) is 1.28. The van der Waals surface area contributed by atoms with Gasteiger partial charge in [-0.1, -0.05) is 0 Å². The molecule has 0 spiro atoms. The fraction of sp³-hybridized carbons (Fsp3) is 0.750. The van der Waals surface area contributed by atoms with E-state index in [1.54, 1.807) is 0 Å². The summed E-state index contributed by atoms with van der Waals surface area (Å²) in [6.45, 7) is 1.10. The number of amides is 3. The maximum Gasteiger partial charge on any atom is 0.315 e. The number of hydrogen-bond donors (Lipinski definition) is 3. The topological polar surface area (TPSA) is 70.2 Å². The predicted molar refractivity (Wildman–Crippen MR) is 53.3 cm³/mol. The van der Waals surface area contributed by atoms with E-state index in [4.69, 9.17) is 11.6 Å². The fourth-order valence-corrected chi connectivity index (χ4v) is 1.37. The van der Waals surface area contributed by atoms with Crippen LogP contribution in [0.25, 0.3) is 0 Å². The van der Waals surface area contributed by atoms with E-state index in [1.165, 1.54) is 0 Å². The minimum atomic E-state index is -0.404. The number of rotatable bonds is 3. The Morgan fingerprint density at radius 1 is 1.64 bits per heavy atom. The SMILES string of the molecule is O=C(NCCCl)NC1CCCNC1=O. The van der Waals surface area contributed by atoms with Gasteiger partial charge in [-0.05, 0) is 12.8 Å². The lowest BCUT2D eigenvalue weighted by Gasteiger charge is -2.22. The zero-order chi connectivity index (χ0) is 10.4. The molecule has 80 valence electrons. The largest absolute Gasteiger partial charge is 0.354 e. The summed E-state index contributed by atoms with van der Waals surface area (Å²) >= 11 is 5.40. The van der Waals surface area contributed by atoms with E-state index in [0.29, 0.717) is 25.4 Å². The molecule has 0 aromatic heterocycles. The number of halogens is 1. The summed E-state index contributed by atoms with van der Waals surface area (Å²) in [7, 11) is 0. The van der Waals surface area contributed by atoms with Crippen molar-refractivity contribution in [3.05, 3.63) is 0 Å². The first kappa shape index (κ1) is 11.1. The summed E-state index contributed by atoms with van der Waals surface area (Å²) in [5.41, 5.74) is 0. The van der Waals surface area contributed by atoms with Crippen LogP contribution in [-0.2, 0) is 4.79 Å². The zero-order valence-electron chi connectivity index (χ0n) is 7.81. The summed E-state index contributed by atoms with van der Waals surface area (Å²) in [6.07, 6.45) is 1.59. The molecule has 1 aliphatic rings. The first-order chi connectivity index (χ1) is 6.74. The highest BCUT2D eigenvalue weighted by molar-refractivity contribution is 6.18. The Hall–Kier alpha value is -0.970. The molecule has 0 radical (unpaired) electrons. The van der Waals surface area contributed by atoms with Crippen LogP contribution in [0.4, 0.5) is 4.79 Å². The van der Waals surface area contributed by atoms with Gasteiger partial charge in [0, 0.05) is 19.0 Å². The van der Waals surface area contributed by atoms with Gasteiger partial charge in [-0.25, -0.2) is 4.79 Å². The number of carbonyl (C=O) groups is 2. The van der Waals surface area contributed by atoms with Gasteiger partial charge in [-0.15, -0.1) is 11.6 Å². The number of nitrogens with one attached hydrogen (secondary N) is 3. The van der Waals surface area contributed by atoms with Gasteiger partial charge < -0.3 is 16.0 Å². The van der Waals surface area contributed by atoms with Crippen LogP contribution in [0.5, 0.6) is 0 Å². The van der Waals surface area contributed by atoms with Crippen molar-refractivity contribution in [3.8, 4) is 0 Å². The molecule has 0 aliphatic carbocycles. The molecule has 0 aromatic rings. The third-order valence-corrected chi connectivity index (χ3v) is 2.16. The molecule has 1 rings (SSSR count). The average Bonchev–Trinajstić information content (AvgIpc) is 2.18. The van der Waals surface area contributed by atoms with Crippen LogP contribution >= 0.6 is 11.6 Å². The first-order valence-corrected chi connectivity index (χ1v) is 5.15. The molecule has 0 saturated carbocycles. The van der Waals surface area contributed by atoms with E-state index in [1.807, 2.05) is 0 Å². The van der Waals surface area contributed by atoms with E-state index in [0.717, 1.165) is 6.42 Å². The Morgan fingerprint density at radius 3 is 3.07 bits per heavy atom. The van der Waals surface area contributed by atoms with Crippen LogP contribution in [-0.4, -0.2) is 36.9 Å². The summed E-state index contributed by atoms with van der Waals surface area (Å²) in [6, 6.07) is -0.744. The number of carbonyl (C=O) groups excluding carboxylic acids is 2. The van der Waals surface area contributed by atoms with Crippen molar-refractivity contribution in [1.29, 1.82) is 0 Å². The van der Waals surface area contributed by atoms with Crippen molar-refractivity contribution in [1.82, 2.24) is 16.0 Å². The maximum atomic E-state index is 11.2. The van der Waals surface area contributed by atoms with Crippen LogP contribution in [0.2, 0.25) is 0 Å². The molecular formula is C8H14ClN3O2. The Kier molecular flexibility index (Phi) is 4.52. The molecule has 0 bridgehead atoms. The molecular weight excluding hydrogens is 206 g/mol. The van der Waals surface area contributed by atoms with E-state index in [2.05, 4.69) is 16.0 Å². The lowest BCUT2D eigenvalue weighted by molar-refractivity contribution is -0.124. The van der Waals surface area contributed by atoms with Crippen LogP contribution in [0.15, 0.2) is 0 Å². The monoisotopic (exact) mass is 219 g/mol. The van der Waals surface area contributed by atoms with Crippen molar-refractivity contribution >= 4 is 23.5 Å². The minimum absolute atomic E-state index is 0.114. The third kappa shape index (κ3) is 3.41. The van der Waals surface area contributed by atoms with Crippen molar-refractivity contribution in [2.75, 3.05) is 19.0 Å². The second-order valence-corrected chi connectivity index (χ2v) is 3.45. The van der Waals surface area contributed by atoms with Gasteiger partial charge in [-0.2, -0.15) is 0 Å². The molecule has 6 heteroatoms. The predicted octanol–water partition coefficient (Wildman–Crippen LogP) is -0.197. The molecule has 14 heavy (non-hydrogen) atoms. The summed E-state index contributed by atoms with van der Waals surface area (Å²) in [5, 5.41) is 7.81. The lowest BCUT2D eigenvalue weighted by atomic mass is 10.1. The highest BCUT2D eigenvalue weighted by Gasteiger charge is 2.22. The van der Waals surface area contributed by atoms with E-state index < -0.39 is 6.04 Å². The quantitative estimate of drug-likeness (QED) is 0.576. The van der Waals surface area contributed by atoms with E-state index in [9.17, 15) is 9.59 Å². The van der Waals surface area contributed by atoms with Crippen LogP contribution < -0.4 is 16.0 Å². The van der Waals surface area contributed by atoms with Gasteiger partial charge in [0.15, 0.2) is 0 Å². The molecule has 1 aliphatic heterocycles. The van der Waals surface area contributed by atoms with Crippen LogP contribution in [0.3, 0.4) is 0 Å². The molecule has 0 aromatic carbocycles. The Bertz CT molecular complexity index is 223. The zero-order valence-corrected chi connectivity index (χ0v) is 8.56. The molecule has 1 heterocycles. The molecule has 5 nitrogen and oxygen atoms in total. The second kappa shape index (κ2) is 5.70. The molecule has 1 unspecified atom stereocenters. The number of alkyl halides is 1. The van der Waals surface area contributed by atoms with Gasteiger partial charge in [0.2, 0.25) is 5.91 Å². The van der Waals surface area contributed by atoms with E-state index >= 15 is 0 Å². The molecule has 1 saturated heterocycles. The van der Waals surface area contributed by atoms with Crippen LogP contribution in [0, 0.1) is 0 Å². The summed E-state index contributed by atoms with van der Waals surface area (Å²) in [5.74, 6) is 0.252. The van der Waals surface area contributed by atoms with Crippen molar-refractivity contribution in [3.63, 3.8) is 0 Å². The summed E-state index contributed by atoms with van der Waals surface area (Å²) in [4.78, 5) is 22.4. The van der Waals surface area contributed by atoms with Gasteiger partial charge in [0.25, 0.3) is 0 Å². The highest BCUT2D eigenvalue weighted by Crippen LogP contribution is 2.02. The number of piperidine rings is 1. The molecule has 1 fully saturated rings. The van der Waals surface area contributed by atoms with Crippen molar-refractivity contribution in [2.24, 2.45) is 0 Å². The standard InChI is InChI=1S/C8H14ClN3O2/c9-3-5-11-8(14)12-6-2-1-4-10-7(6)13/h6H,1-5H2,(H,10,13)(H2,11,12,14). The van der Waals surface area contributed by atoms with Crippen LogP contribution in [0.1, 0.15) is 12.8 Å². The molecule has 3 amide bonds. The van der Waals surface area contributed by atoms with Gasteiger partial charge in [0.05, 0.1) is 0 Å². The third-order valence-electron chi connectivity index (χ3n) is 1.97. The smallest absolute Gasteiger partial charge is 0.315 e.